The smallest absolute Gasteiger partial charge is 0.211 e. The van der Waals surface area contributed by atoms with Crippen LogP contribution >= 0.6 is 10.3 Å². The van der Waals surface area contributed by atoms with Crippen LogP contribution < -0.4 is 0 Å². The van der Waals surface area contributed by atoms with Crippen LogP contribution in [0, 0.1) is 0 Å². The van der Waals surface area contributed by atoms with Gasteiger partial charge in [0.15, 0.2) is 0 Å². The van der Waals surface area contributed by atoms with Gasteiger partial charge in [-0.1, -0.05) is 150 Å². The number of benzene rings is 2. The first-order valence-corrected chi connectivity index (χ1v) is 17.8. The lowest BCUT2D eigenvalue weighted by atomic mass is 10.0. The van der Waals surface area contributed by atoms with E-state index >= 15 is 0 Å². The summed E-state index contributed by atoms with van der Waals surface area (Å²) in [5, 5.41) is 0. The maximum Gasteiger partial charge on any atom is 0.274 e. The Labute approximate surface area is 224 Å². The zero-order valence-electron chi connectivity index (χ0n) is 22.8. The van der Waals surface area contributed by atoms with Gasteiger partial charge in [0, 0.05) is 15.5 Å². The molecule has 2 rings (SSSR count). The molecule has 0 bridgehead atoms. The third-order valence-corrected chi connectivity index (χ3v) is 11.6. The van der Waals surface area contributed by atoms with Gasteiger partial charge < -0.3 is 0 Å². The summed E-state index contributed by atoms with van der Waals surface area (Å²) in [6.07, 6.45) is 22.4. The van der Waals surface area contributed by atoms with Crippen molar-refractivity contribution in [2.75, 3.05) is 12.0 Å². The van der Waals surface area contributed by atoms with Crippen LogP contribution in [0.15, 0.2) is 70.5 Å². The molecule has 2 aromatic rings. The molecule has 2 aromatic carbocycles. The van der Waals surface area contributed by atoms with Crippen molar-refractivity contribution in [3.05, 3.63) is 60.7 Å². The quantitative estimate of drug-likeness (QED) is 0.150. The number of rotatable bonds is 21. The van der Waals surface area contributed by atoms with Gasteiger partial charge in [0.1, 0.15) is 0 Å². The molecule has 0 aliphatic rings. The van der Waals surface area contributed by atoms with Crippen molar-refractivity contribution in [2.45, 2.75) is 119 Å². The number of hydrogen-bond donors (Lipinski definition) is 0. The number of unbranched alkanes of at least 4 members (excludes halogenated alkanes) is 15. The third-order valence-electron chi connectivity index (χ3n) is 6.77. The van der Waals surface area contributed by atoms with Gasteiger partial charge in [-0.25, -0.2) is 3.63 Å². The molecule has 0 unspecified atom stereocenters. The molecular weight excluding hydrogens is 484 g/mol. The summed E-state index contributed by atoms with van der Waals surface area (Å²) in [6.45, 7) is 2.28. The minimum atomic E-state index is -3.61. The molecule has 0 fully saturated rings. The second kappa shape index (κ2) is 18.0. The van der Waals surface area contributed by atoms with E-state index in [0.29, 0.717) is 0 Å². The normalized spacial score (nSPS) is 12.6. The molecule has 204 valence electrons. The molecule has 0 radical (unpaired) electrons. The first-order valence-electron chi connectivity index (χ1n) is 14.3. The van der Waals surface area contributed by atoms with Gasteiger partial charge >= 0.3 is 0 Å². The van der Waals surface area contributed by atoms with Crippen molar-refractivity contribution < 1.29 is 12.0 Å². The van der Waals surface area contributed by atoms with Crippen LogP contribution in [0.2, 0.25) is 0 Å². The van der Waals surface area contributed by atoms with Crippen LogP contribution in [0.3, 0.4) is 0 Å². The van der Waals surface area contributed by atoms with E-state index in [-0.39, 0.29) is 0 Å². The van der Waals surface area contributed by atoms with Crippen LogP contribution in [0.5, 0.6) is 0 Å². The lowest BCUT2D eigenvalue weighted by Gasteiger charge is -2.38. The molecule has 0 amide bonds. The summed E-state index contributed by atoms with van der Waals surface area (Å²) in [5.41, 5.74) is 0. The average molecular weight is 535 g/mol. The zero-order chi connectivity index (χ0) is 26.0. The van der Waals surface area contributed by atoms with Gasteiger partial charge in [-0.2, -0.15) is 8.42 Å². The second-order valence-electron chi connectivity index (χ2n) is 10.1. The predicted octanol–water partition coefficient (Wildman–Crippen LogP) is 10.1. The van der Waals surface area contributed by atoms with Crippen LogP contribution in [0.25, 0.3) is 0 Å². The number of hydrogen-bond acceptors (Lipinski definition) is 3. The lowest BCUT2D eigenvalue weighted by molar-refractivity contribution is 0.513. The van der Waals surface area contributed by atoms with Gasteiger partial charge in [-0.3, -0.25) is 0 Å². The fourth-order valence-corrected chi connectivity index (χ4v) is 9.97. The van der Waals surface area contributed by atoms with Crippen molar-refractivity contribution in [3.8, 4) is 0 Å². The van der Waals surface area contributed by atoms with E-state index in [1.165, 1.54) is 96.1 Å². The van der Waals surface area contributed by atoms with E-state index in [0.717, 1.165) is 28.4 Å². The first-order chi connectivity index (χ1) is 17.5. The van der Waals surface area contributed by atoms with Crippen molar-refractivity contribution in [1.29, 1.82) is 0 Å². The minimum Gasteiger partial charge on any atom is -0.211 e. The molecule has 0 N–H and O–H groups in total. The van der Waals surface area contributed by atoms with Gasteiger partial charge in [0.05, 0.1) is 6.26 Å². The maximum absolute atomic E-state index is 12.4. The molecule has 36 heavy (non-hydrogen) atoms. The Morgan fingerprint density at radius 1 is 0.528 bits per heavy atom. The van der Waals surface area contributed by atoms with Crippen molar-refractivity contribution in [1.82, 2.24) is 0 Å². The summed E-state index contributed by atoms with van der Waals surface area (Å²) in [7, 11) is -5.73. The Morgan fingerprint density at radius 3 is 1.19 bits per heavy atom. The molecule has 0 aliphatic carbocycles. The molecule has 0 saturated carbocycles. The molecular formula is C31H50O3S2. The van der Waals surface area contributed by atoms with Crippen LogP contribution in [0.4, 0.5) is 0 Å². The molecule has 3 nitrogen and oxygen atoms in total. The average Bonchev–Trinajstić information content (AvgIpc) is 2.88. The molecule has 5 heteroatoms. The monoisotopic (exact) mass is 534 g/mol. The van der Waals surface area contributed by atoms with Crippen molar-refractivity contribution in [3.63, 3.8) is 0 Å². The van der Waals surface area contributed by atoms with Crippen LogP contribution in [0.1, 0.15) is 110 Å². The van der Waals surface area contributed by atoms with E-state index < -0.39 is 20.4 Å². The fourth-order valence-electron chi connectivity index (χ4n) is 4.83. The Bertz CT molecular complexity index is 858. The van der Waals surface area contributed by atoms with Crippen LogP contribution in [-0.2, 0) is 13.7 Å². The summed E-state index contributed by atoms with van der Waals surface area (Å²) in [4.78, 5) is 1.95. The topological polar surface area (TPSA) is 43.4 Å². The van der Waals surface area contributed by atoms with E-state index in [9.17, 15) is 8.42 Å². The molecule has 0 aromatic heterocycles. The highest BCUT2D eigenvalue weighted by Gasteiger charge is 2.33. The second-order valence-corrected chi connectivity index (χ2v) is 14.7. The third kappa shape index (κ3) is 12.3. The largest absolute Gasteiger partial charge is 0.274 e. The highest BCUT2D eigenvalue weighted by molar-refractivity contribution is 8.33. The van der Waals surface area contributed by atoms with Crippen LogP contribution in [-0.4, -0.2) is 20.4 Å². The van der Waals surface area contributed by atoms with Crippen molar-refractivity contribution >= 4 is 20.4 Å². The highest BCUT2D eigenvalue weighted by atomic mass is 32.3. The zero-order valence-corrected chi connectivity index (χ0v) is 24.5. The Hall–Kier alpha value is -1.30. The predicted molar refractivity (Wildman–Crippen MR) is 157 cm³/mol. The van der Waals surface area contributed by atoms with E-state index in [1.54, 1.807) is 0 Å². The summed E-state index contributed by atoms with van der Waals surface area (Å²) in [6, 6.07) is 19.9. The van der Waals surface area contributed by atoms with E-state index in [4.69, 9.17) is 3.63 Å². The fraction of sp³-hybridized carbons (Fsp3) is 0.613. The Kier molecular flexibility index (Phi) is 15.5. The van der Waals surface area contributed by atoms with E-state index in [2.05, 4.69) is 6.92 Å². The lowest BCUT2D eigenvalue weighted by Crippen LogP contribution is -2.15. The molecule has 0 spiro atoms. The van der Waals surface area contributed by atoms with Gasteiger partial charge in [0.2, 0.25) is 0 Å². The SMILES string of the molecule is CCCCCCCCCCCCCCCCCCS(OS(C)(=O)=O)(c1ccccc1)c1ccccc1. The minimum absolute atomic E-state index is 0.729. The van der Waals surface area contributed by atoms with E-state index in [1.807, 2.05) is 60.7 Å². The Morgan fingerprint density at radius 2 is 0.861 bits per heavy atom. The standard InChI is InChI=1S/C31H50O3S2/c1-3-4-5-6-7-8-9-10-11-12-13-14-15-16-17-24-29-36(34-35(2,32)33,30-25-20-18-21-26-30)31-27-22-19-23-28-31/h18-23,25-28H,3-17,24,29H2,1-2H3. The van der Waals surface area contributed by atoms with Gasteiger partial charge in [-0.05, 0) is 30.7 Å². The maximum atomic E-state index is 12.4. The van der Waals surface area contributed by atoms with Gasteiger partial charge in [0.25, 0.3) is 10.1 Å². The summed E-state index contributed by atoms with van der Waals surface area (Å²) < 4.78 is 30.7. The molecule has 0 atom stereocenters. The Balaban J connectivity index is 1.72. The highest BCUT2D eigenvalue weighted by Crippen LogP contribution is 2.64. The summed E-state index contributed by atoms with van der Waals surface area (Å²) in [5.74, 6) is 0.729. The molecule has 0 heterocycles. The molecule has 0 aliphatic heterocycles. The van der Waals surface area contributed by atoms with Gasteiger partial charge in [-0.15, -0.1) is 0 Å². The molecule has 0 saturated heterocycles. The summed E-state index contributed by atoms with van der Waals surface area (Å²) >= 11 is 0. The van der Waals surface area contributed by atoms with Crippen molar-refractivity contribution in [2.24, 2.45) is 0 Å². The first kappa shape index (κ1) is 30.9.